The number of nitrogens with one attached hydrogen (secondary N) is 2. The average molecular weight is 286 g/mol. The summed E-state index contributed by atoms with van der Waals surface area (Å²) in [5.74, 6) is 0. The molecule has 0 unspecified atom stereocenters. The maximum Gasteiger partial charge on any atom is 0.315 e. The molecule has 0 bridgehead atoms. The number of carbonyl (C=O) groups excluding carboxylic acids is 1. The van der Waals surface area contributed by atoms with E-state index in [0.29, 0.717) is 6.54 Å². The summed E-state index contributed by atoms with van der Waals surface area (Å²) < 4.78 is 1.94. The van der Waals surface area contributed by atoms with Crippen LogP contribution in [0.3, 0.4) is 0 Å². The van der Waals surface area contributed by atoms with Gasteiger partial charge in [0.2, 0.25) is 0 Å². The number of benzene rings is 1. The predicted molar refractivity (Wildman–Crippen MR) is 83.4 cm³/mol. The summed E-state index contributed by atoms with van der Waals surface area (Å²) in [6.07, 6.45) is 7.49. The molecule has 0 aliphatic heterocycles. The number of urea groups is 1. The molecule has 5 heteroatoms. The van der Waals surface area contributed by atoms with E-state index in [1.165, 1.54) is 0 Å². The molecular formula is C16H22N4O. The summed E-state index contributed by atoms with van der Waals surface area (Å²) in [4.78, 5) is 15.7. The monoisotopic (exact) mass is 286 g/mol. The van der Waals surface area contributed by atoms with Gasteiger partial charge < -0.3 is 15.2 Å². The van der Waals surface area contributed by atoms with Gasteiger partial charge in [0.15, 0.2) is 0 Å². The van der Waals surface area contributed by atoms with Crippen molar-refractivity contribution in [2.24, 2.45) is 0 Å². The van der Waals surface area contributed by atoms with Crippen molar-refractivity contribution in [3.05, 3.63) is 48.5 Å². The lowest BCUT2D eigenvalue weighted by molar-refractivity contribution is 0.238. The number of carbonyl (C=O) groups is 1. The highest BCUT2D eigenvalue weighted by molar-refractivity contribution is 5.74. The van der Waals surface area contributed by atoms with E-state index in [0.717, 1.165) is 24.1 Å². The number of imidazole rings is 1. The van der Waals surface area contributed by atoms with Crippen LogP contribution in [0.1, 0.15) is 38.3 Å². The molecule has 2 N–H and O–H groups in total. The van der Waals surface area contributed by atoms with Crippen molar-refractivity contribution in [1.82, 2.24) is 20.2 Å². The van der Waals surface area contributed by atoms with E-state index < -0.39 is 0 Å². The molecule has 5 nitrogen and oxygen atoms in total. The third-order valence-electron chi connectivity index (χ3n) is 3.36. The second-order valence-electron chi connectivity index (χ2n) is 5.04. The molecule has 1 atom stereocenters. The molecule has 0 saturated carbocycles. The molecule has 0 saturated heterocycles. The standard InChI is InChI=1S/C16H22N4O/c1-3-4-9-18-16(21)19-13(2)14-5-7-15(8-6-14)20-11-10-17-12-20/h5-8,10-13H,3-4,9H2,1-2H3,(H2,18,19,21)/t13-/m0/s1. The van der Waals surface area contributed by atoms with E-state index >= 15 is 0 Å². The lowest BCUT2D eigenvalue weighted by Crippen LogP contribution is -2.37. The zero-order valence-corrected chi connectivity index (χ0v) is 12.5. The molecule has 1 aromatic carbocycles. The van der Waals surface area contributed by atoms with Crippen LogP contribution in [0.25, 0.3) is 5.69 Å². The zero-order valence-electron chi connectivity index (χ0n) is 12.5. The fourth-order valence-electron chi connectivity index (χ4n) is 2.06. The Morgan fingerprint density at radius 1 is 1.33 bits per heavy atom. The van der Waals surface area contributed by atoms with Gasteiger partial charge in [-0.05, 0) is 31.0 Å². The third kappa shape index (κ3) is 4.34. The van der Waals surface area contributed by atoms with Crippen LogP contribution in [-0.4, -0.2) is 22.1 Å². The van der Waals surface area contributed by atoms with Gasteiger partial charge in [-0.25, -0.2) is 9.78 Å². The molecule has 0 aliphatic rings. The minimum Gasteiger partial charge on any atom is -0.338 e. The van der Waals surface area contributed by atoms with Crippen molar-refractivity contribution in [2.75, 3.05) is 6.54 Å². The van der Waals surface area contributed by atoms with E-state index in [9.17, 15) is 4.79 Å². The number of amides is 2. The highest BCUT2D eigenvalue weighted by Crippen LogP contribution is 2.15. The fourth-order valence-corrected chi connectivity index (χ4v) is 2.06. The van der Waals surface area contributed by atoms with Crippen LogP contribution >= 0.6 is 0 Å². The zero-order chi connectivity index (χ0) is 15.1. The normalized spacial score (nSPS) is 11.9. The summed E-state index contributed by atoms with van der Waals surface area (Å²) in [6, 6.07) is 7.94. The molecule has 0 fully saturated rings. The van der Waals surface area contributed by atoms with Crippen molar-refractivity contribution in [3.8, 4) is 5.69 Å². The van der Waals surface area contributed by atoms with Gasteiger partial charge in [-0.15, -0.1) is 0 Å². The van der Waals surface area contributed by atoms with Crippen LogP contribution in [0, 0.1) is 0 Å². The van der Waals surface area contributed by atoms with Gasteiger partial charge in [0.1, 0.15) is 0 Å². The Hall–Kier alpha value is -2.30. The quantitative estimate of drug-likeness (QED) is 0.802. The van der Waals surface area contributed by atoms with E-state index in [-0.39, 0.29) is 12.1 Å². The molecule has 2 amide bonds. The van der Waals surface area contributed by atoms with Crippen LogP contribution in [0.15, 0.2) is 43.0 Å². The Labute approximate surface area is 125 Å². The van der Waals surface area contributed by atoms with E-state index in [4.69, 9.17) is 0 Å². The molecule has 0 spiro atoms. The Balaban J connectivity index is 1.90. The minimum atomic E-state index is -0.116. The molecule has 112 valence electrons. The molecule has 1 heterocycles. The van der Waals surface area contributed by atoms with Gasteiger partial charge in [-0.2, -0.15) is 0 Å². The van der Waals surface area contributed by atoms with Crippen LogP contribution in [0.4, 0.5) is 4.79 Å². The number of aromatic nitrogens is 2. The number of unbranched alkanes of at least 4 members (excludes halogenated alkanes) is 1. The lowest BCUT2D eigenvalue weighted by Gasteiger charge is -2.15. The number of rotatable bonds is 6. The van der Waals surface area contributed by atoms with Gasteiger partial charge in [0.25, 0.3) is 0 Å². The highest BCUT2D eigenvalue weighted by Gasteiger charge is 2.08. The molecule has 0 aliphatic carbocycles. The Kier molecular flexibility index (Phi) is 5.37. The first-order valence-electron chi connectivity index (χ1n) is 7.33. The minimum absolute atomic E-state index is 0.0246. The second kappa shape index (κ2) is 7.47. The predicted octanol–water partition coefficient (Wildman–Crippen LogP) is 3.03. The molecule has 21 heavy (non-hydrogen) atoms. The smallest absolute Gasteiger partial charge is 0.315 e. The molecule has 1 aromatic heterocycles. The van der Waals surface area contributed by atoms with Crippen molar-refractivity contribution < 1.29 is 4.79 Å². The summed E-state index contributed by atoms with van der Waals surface area (Å²) in [5.41, 5.74) is 2.13. The van der Waals surface area contributed by atoms with E-state index in [1.54, 1.807) is 12.5 Å². The topological polar surface area (TPSA) is 59.0 Å². The van der Waals surface area contributed by atoms with Gasteiger partial charge in [0.05, 0.1) is 12.4 Å². The Morgan fingerprint density at radius 2 is 2.10 bits per heavy atom. The summed E-state index contributed by atoms with van der Waals surface area (Å²) in [6.45, 7) is 4.80. The van der Waals surface area contributed by atoms with E-state index in [2.05, 4.69) is 22.5 Å². The Morgan fingerprint density at radius 3 is 2.71 bits per heavy atom. The van der Waals surface area contributed by atoms with Gasteiger partial charge in [-0.1, -0.05) is 25.5 Å². The van der Waals surface area contributed by atoms with Crippen molar-refractivity contribution in [1.29, 1.82) is 0 Å². The van der Waals surface area contributed by atoms with Crippen LogP contribution in [0.2, 0.25) is 0 Å². The number of hydrogen-bond donors (Lipinski definition) is 2. The molecule has 2 rings (SSSR count). The number of nitrogens with zero attached hydrogens (tertiary/aromatic N) is 2. The molecular weight excluding hydrogens is 264 g/mol. The van der Waals surface area contributed by atoms with Crippen LogP contribution < -0.4 is 10.6 Å². The summed E-state index contributed by atoms with van der Waals surface area (Å²) >= 11 is 0. The van der Waals surface area contributed by atoms with Crippen molar-refractivity contribution in [2.45, 2.75) is 32.7 Å². The first kappa shape index (κ1) is 15.1. The molecule has 0 radical (unpaired) electrons. The first-order valence-corrected chi connectivity index (χ1v) is 7.33. The second-order valence-corrected chi connectivity index (χ2v) is 5.04. The first-order chi connectivity index (χ1) is 10.2. The maximum atomic E-state index is 11.7. The largest absolute Gasteiger partial charge is 0.338 e. The summed E-state index contributed by atoms with van der Waals surface area (Å²) in [5, 5.41) is 5.80. The van der Waals surface area contributed by atoms with Gasteiger partial charge in [-0.3, -0.25) is 0 Å². The maximum absolute atomic E-state index is 11.7. The third-order valence-corrected chi connectivity index (χ3v) is 3.36. The van der Waals surface area contributed by atoms with Gasteiger partial charge in [0, 0.05) is 24.6 Å². The van der Waals surface area contributed by atoms with Crippen molar-refractivity contribution >= 4 is 6.03 Å². The fraction of sp³-hybridized carbons (Fsp3) is 0.375. The SMILES string of the molecule is CCCCNC(=O)N[C@@H](C)c1ccc(-n2ccnc2)cc1. The Bertz CT molecular complexity index is 548. The average Bonchev–Trinajstić information content (AvgIpc) is 3.02. The van der Waals surface area contributed by atoms with Crippen molar-refractivity contribution in [3.63, 3.8) is 0 Å². The van der Waals surface area contributed by atoms with Crippen LogP contribution in [0.5, 0.6) is 0 Å². The lowest BCUT2D eigenvalue weighted by atomic mass is 10.1. The van der Waals surface area contributed by atoms with Crippen LogP contribution in [-0.2, 0) is 0 Å². The van der Waals surface area contributed by atoms with E-state index in [1.807, 2.05) is 42.0 Å². The van der Waals surface area contributed by atoms with Gasteiger partial charge >= 0.3 is 6.03 Å². The number of hydrogen-bond acceptors (Lipinski definition) is 2. The molecule has 2 aromatic rings. The highest BCUT2D eigenvalue weighted by atomic mass is 16.2. The summed E-state index contributed by atoms with van der Waals surface area (Å²) in [7, 11) is 0.